The summed E-state index contributed by atoms with van der Waals surface area (Å²) in [5.41, 5.74) is 3.20. The van der Waals surface area contributed by atoms with Gasteiger partial charge < -0.3 is 20.1 Å². The molecular formula is C19H23BrN2O2S. The first-order chi connectivity index (χ1) is 12.0. The first kappa shape index (κ1) is 19.5. The van der Waals surface area contributed by atoms with Gasteiger partial charge in [-0.1, -0.05) is 28.9 Å². The molecule has 0 amide bonds. The Morgan fingerprint density at radius 3 is 2.44 bits per heavy atom. The van der Waals surface area contributed by atoms with Crippen molar-refractivity contribution in [2.24, 2.45) is 0 Å². The van der Waals surface area contributed by atoms with E-state index >= 15 is 0 Å². The minimum atomic E-state index is 0.0800. The van der Waals surface area contributed by atoms with Crippen molar-refractivity contribution in [3.8, 4) is 11.5 Å². The van der Waals surface area contributed by atoms with Gasteiger partial charge in [0.25, 0.3) is 0 Å². The fourth-order valence-corrected chi connectivity index (χ4v) is 3.05. The van der Waals surface area contributed by atoms with Gasteiger partial charge in [0.15, 0.2) is 16.6 Å². The molecule has 0 unspecified atom stereocenters. The van der Waals surface area contributed by atoms with Crippen LogP contribution in [0.5, 0.6) is 11.5 Å². The molecule has 0 fully saturated rings. The van der Waals surface area contributed by atoms with Crippen LogP contribution in [0.2, 0.25) is 0 Å². The Balaban J connectivity index is 2.10. The number of methoxy groups -OCH3 is 2. The lowest BCUT2D eigenvalue weighted by Crippen LogP contribution is -2.32. The normalized spacial score (nSPS) is 11.6. The van der Waals surface area contributed by atoms with E-state index in [1.165, 1.54) is 0 Å². The van der Waals surface area contributed by atoms with Crippen molar-refractivity contribution in [2.45, 2.75) is 26.3 Å². The van der Waals surface area contributed by atoms with Gasteiger partial charge in [-0.05, 0) is 67.0 Å². The average molecular weight is 423 g/mol. The van der Waals surface area contributed by atoms with Gasteiger partial charge in [-0.15, -0.1) is 0 Å². The minimum Gasteiger partial charge on any atom is -0.493 e. The lowest BCUT2D eigenvalue weighted by molar-refractivity contribution is 0.354. The Labute approximate surface area is 163 Å². The maximum absolute atomic E-state index is 5.47. The minimum absolute atomic E-state index is 0.0800. The number of hydrogen-bond acceptors (Lipinski definition) is 3. The van der Waals surface area contributed by atoms with Gasteiger partial charge in [-0.3, -0.25) is 0 Å². The van der Waals surface area contributed by atoms with Gasteiger partial charge in [0.1, 0.15) is 0 Å². The van der Waals surface area contributed by atoms with Gasteiger partial charge in [0, 0.05) is 10.2 Å². The number of thiocarbonyl (C=S) groups is 1. The number of halogens is 1. The number of nitrogens with one attached hydrogen (secondary N) is 2. The fraction of sp³-hybridized carbons (Fsp3) is 0.316. The Kier molecular flexibility index (Phi) is 7.08. The van der Waals surface area contributed by atoms with E-state index in [-0.39, 0.29) is 6.04 Å². The first-order valence-electron chi connectivity index (χ1n) is 8.04. The van der Waals surface area contributed by atoms with Crippen LogP contribution < -0.4 is 20.1 Å². The molecule has 6 heteroatoms. The van der Waals surface area contributed by atoms with Crippen LogP contribution in [0.15, 0.2) is 40.9 Å². The van der Waals surface area contributed by atoms with Crippen molar-refractivity contribution in [3.05, 3.63) is 52.0 Å². The summed E-state index contributed by atoms with van der Waals surface area (Å²) >= 11 is 8.98. The predicted octanol–water partition coefficient (Wildman–Crippen LogP) is 5.21. The van der Waals surface area contributed by atoms with E-state index in [0.29, 0.717) is 16.6 Å². The van der Waals surface area contributed by atoms with Gasteiger partial charge >= 0.3 is 0 Å². The van der Waals surface area contributed by atoms with E-state index in [9.17, 15) is 0 Å². The lowest BCUT2D eigenvalue weighted by atomic mass is 10.0. The highest BCUT2D eigenvalue weighted by Gasteiger charge is 2.14. The quantitative estimate of drug-likeness (QED) is 0.625. The summed E-state index contributed by atoms with van der Waals surface area (Å²) in [4.78, 5) is 0. The molecule has 2 aromatic rings. The van der Waals surface area contributed by atoms with Gasteiger partial charge in [0.05, 0.1) is 20.3 Å². The number of benzene rings is 2. The highest BCUT2D eigenvalue weighted by atomic mass is 79.9. The number of rotatable bonds is 6. The maximum Gasteiger partial charge on any atom is 0.171 e. The standard InChI is InChI=1S/C19H23BrN2O2S/c1-5-16(13-6-9-17(23-3)18(11-13)24-4)22-19(25)21-14-7-8-15(20)12(2)10-14/h6-11,16H,5H2,1-4H3,(H2,21,22,25)/t16-/m1/s1. The van der Waals surface area contributed by atoms with Gasteiger partial charge in [-0.25, -0.2) is 0 Å². The molecule has 0 aliphatic heterocycles. The molecule has 0 saturated carbocycles. The summed E-state index contributed by atoms with van der Waals surface area (Å²) in [7, 11) is 3.27. The summed E-state index contributed by atoms with van der Waals surface area (Å²) in [6.07, 6.45) is 0.886. The van der Waals surface area contributed by atoms with Crippen LogP contribution in [0.1, 0.15) is 30.5 Å². The molecular weight excluding hydrogens is 400 g/mol. The average Bonchev–Trinajstić information content (AvgIpc) is 2.62. The smallest absolute Gasteiger partial charge is 0.171 e. The van der Waals surface area contributed by atoms with Crippen molar-refractivity contribution in [1.29, 1.82) is 0 Å². The van der Waals surface area contributed by atoms with E-state index in [2.05, 4.69) is 39.6 Å². The molecule has 134 valence electrons. The molecule has 0 aliphatic rings. The largest absolute Gasteiger partial charge is 0.493 e. The van der Waals surface area contributed by atoms with Crippen molar-refractivity contribution < 1.29 is 9.47 Å². The molecule has 2 rings (SSSR count). The van der Waals surface area contributed by atoms with Crippen LogP contribution in [-0.2, 0) is 0 Å². The van der Waals surface area contributed by atoms with Crippen LogP contribution in [-0.4, -0.2) is 19.3 Å². The Morgan fingerprint density at radius 1 is 1.12 bits per heavy atom. The molecule has 0 aromatic heterocycles. The third-order valence-electron chi connectivity index (χ3n) is 3.94. The highest BCUT2D eigenvalue weighted by Crippen LogP contribution is 2.31. The Morgan fingerprint density at radius 2 is 1.84 bits per heavy atom. The first-order valence-corrected chi connectivity index (χ1v) is 9.24. The molecule has 1 atom stereocenters. The van der Waals surface area contributed by atoms with E-state index in [1.54, 1.807) is 14.2 Å². The molecule has 2 N–H and O–H groups in total. The van der Waals surface area contributed by atoms with Crippen LogP contribution in [0.3, 0.4) is 0 Å². The third kappa shape index (κ3) is 5.09. The zero-order valence-electron chi connectivity index (χ0n) is 14.9. The lowest BCUT2D eigenvalue weighted by Gasteiger charge is -2.21. The van der Waals surface area contributed by atoms with E-state index < -0.39 is 0 Å². The molecule has 2 aromatic carbocycles. The van der Waals surface area contributed by atoms with E-state index in [0.717, 1.165) is 27.7 Å². The van der Waals surface area contributed by atoms with Crippen molar-refractivity contribution >= 4 is 38.9 Å². The topological polar surface area (TPSA) is 42.5 Å². The second kappa shape index (κ2) is 9.06. The SMILES string of the molecule is CC[C@@H](NC(=S)Nc1ccc(Br)c(C)c1)c1ccc(OC)c(OC)c1. The molecule has 0 bridgehead atoms. The molecule has 0 spiro atoms. The fourth-order valence-electron chi connectivity index (χ4n) is 2.54. The predicted molar refractivity (Wildman–Crippen MR) is 111 cm³/mol. The van der Waals surface area contributed by atoms with Crippen LogP contribution in [0, 0.1) is 6.92 Å². The molecule has 4 nitrogen and oxygen atoms in total. The molecule has 0 aliphatic carbocycles. The zero-order chi connectivity index (χ0) is 18.4. The van der Waals surface area contributed by atoms with E-state index in [1.807, 2.05) is 37.3 Å². The third-order valence-corrected chi connectivity index (χ3v) is 5.05. The number of anilines is 1. The van der Waals surface area contributed by atoms with Gasteiger partial charge in [0.2, 0.25) is 0 Å². The molecule has 25 heavy (non-hydrogen) atoms. The Bertz CT molecular complexity index is 752. The van der Waals surface area contributed by atoms with E-state index in [4.69, 9.17) is 21.7 Å². The number of hydrogen-bond donors (Lipinski definition) is 2. The van der Waals surface area contributed by atoms with Crippen LogP contribution in [0.25, 0.3) is 0 Å². The number of ether oxygens (including phenoxy) is 2. The second-order valence-corrected chi connectivity index (χ2v) is 6.90. The summed E-state index contributed by atoms with van der Waals surface area (Å²) in [6.45, 7) is 4.16. The number of aryl methyl sites for hydroxylation is 1. The van der Waals surface area contributed by atoms with Crippen LogP contribution in [0.4, 0.5) is 5.69 Å². The zero-order valence-corrected chi connectivity index (χ0v) is 17.3. The van der Waals surface area contributed by atoms with Crippen molar-refractivity contribution in [3.63, 3.8) is 0 Å². The summed E-state index contributed by atoms with van der Waals surface area (Å²) in [5, 5.41) is 7.19. The Hall–Kier alpha value is -1.79. The van der Waals surface area contributed by atoms with Crippen LogP contribution >= 0.6 is 28.1 Å². The second-order valence-electron chi connectivity index (χ2n) is 5.64. The van der Waals surface area contributed by atoms with Crippen molar-refractivity contribution in [1.82, 2.24) is 5.32 Å². The molecule has 0 heterocycles. The summed E-state index contributed by atoms with van der Waals surface area (Å²) in [6, 6.07) is 12.0. The van der Waals surface area contributed by atoms with Gasteiger partial charge in [-0.2, -0.15) is 0 Å². The molecule has 0 saturated heterocycles. The highest BCUT2D eigenvalue weighted by molar-refractivity contribution is 9.10. The van der Waals surface area contributed by atoms with Crippen molar-refractivity contribution in [2.75, 3.05) is 19.5 Å². The summed E-state index contributed by atoms with van der Waals surface area (Å²) in [5.74, 6) is 1.43. The molecule has 0 radical (unpaired) electrons. The summed E-state index contributed by atoms with van der Waals surface area (Å²) < 4.78 is 11.8. The maximum atomic E-state index is 5.47. The monoisotopic (exact) mass is 422 g/mol.